The summed E-state index contributed by atoms with van der Waals surface area (Å²) in [6, 6.07) is 7.80. The molecule has 0 bridgehead atoms. The smallest absolute Gasteiger partial charge is 0.317 e. The van der Waals surface area contributed by atoms with Crippen molar-refractivity contribution in [3.8, 4) is 11.6 Å². The molecule has 0 aliphatic carbocycles. The normalized spacial score (nSPS) is 16.5. The van der Waals surface area contributed by atoms with Gasteiger partial charge < -0.3 is 19.7 Å². The van der Waals surface area contributed by atoms with E-state index >= 15 is 0 Å². The van der Waals surface area contributed by atoms with Gasteiger partial charge in [0.25, 0.3) is 0 Å². The summed E-state index contributed by atoms with van der Waals surface area (Å²) in [6.07, 6.45) is 6.31. The number of methoxy groups -OCH3 is 1. The predicted molar refractivity (Wildman–Crippen MR) is 92.7 cm³/mol. The first-order chi connectivity index (χ1) is 12.2. The van der Waals surface area contributed by atoms with Crippen molar-refractivity contribution >= 4 is 6.03 Å². The minimum Gasteiger partial charge on any atom is -0.497 e. The fourth-order valence-corrected chi connectivity index (χ4v) is 2.74. The van der Waals surface area contributed by atoms with E-state index in [1.54, 1.807) is 30.6 Å². The highest BCUT2D eigenvalue weighted by molar-refractivity contribution is 5.74. The van der Waals surface area contributed by atoms with Crippen molar-refractivity contribution in [1.29, 1.82) is 0 Å². The molecule has 7 nitrogen and oxygen atoms in total. The summed E-state index contributed by atoms with van der Waals surface area (Å²) < 4.78 is 10.9. The Kier molecular flexibility index (Phi) is 5.66. The quantitative estimate of drug-likeness (QED) is 0.867. The van der Waals surface area contributed by atoms with E-state index in [1.807, 2.05) is 24.3 Å². The molecule has 1 aliphatic heterocycles. The number of rotatable bonds is 6. The molecular weight excluding hydrogens is 320 g/mol. The van der Waals surface area contributed by atoms with Crippen LogP contribution in [-0.4, -0.2) is 53.7 Å². The molecule has 1 saturated heterocycles. The molecular formula is C18H22N4O3. The van der Waals surface area contributed by atoms with Crippen molar-refractivity contribution in [3.05, 3.63) is 48.4 Å². The summed E-state index contributed by atoms with van der Waals surface area (Å²) in [6.45, 7) is 1.83. The van der Waals surface area contributed by atoms with E-state index in [1.165, 1.54) is 0 Å². The summed E-state index contributed by atoms with van der Waals surface area (Å²) >= 11 is 0. The van der Waals surface area contributed by atoms with E-state index in [4.69, 9.17) is 9.47 Å². The van der Waals surface area contributed by atoms with Crippen molar-refractivity contribution in [2.24, 2.45) is 0 Å². The number of carbonyl (C=O) groups is 1. The van der Waals surface area contributed by atoms with Crippen LogP contribution in [0.3, 0.4) is 0 Å². The molecule has 1 fully saturated rings. The first kappa shape index (κ1) is 17.0. The molecule has 132 valence electrons. The van der Waals surface area contributed by atoms with Gasteiger partial charge in [0.05, 0.1) is 19.9 Å². The molecule has 1 aromatic carbocycles. The first-order valence-electron chi connectivity index (χ1n) is 8.33. The van der Waals surface area contributed by atoms with Gasteiger partial charge in [0, 0.05) is 31.9 Å². The zero-order valence-corrected chi connectivity index (χ0v) is 14.2. The Hall–Kier alpha value is -2.83. The SMILES string of the molecule is COc1ccc(CCNC(=O)N2CCC(Oc3cnccn3)C2)cc1. The van der Waals surface area contributed by atoms with Crippen LogP contribution in [0.5, 0.6) is 11.6 Å². The van der Waals surface area contributed by atoms with Crippen LogP contribution in [0.25, 0.3) is 0 Å². The number of ether oxygens (including phenoxy) is 2. The lowest BCUT2D eigenvalue weighted by molar-refractivity contribution is 0.183. The van der Waals surface area contributed by atoms with Crippen LogP contribution in [0.1, 0.15) is 12.0 Å². The van der Waals surface area contributed by atoms with Gasteiger partial charge in [0.15, 0.2) is 0 Å². The molecule has 25 heavy (non-hydrogen) atoms. The Balaban J connectivity index is 1.40. The largest absolute Gasteiger partial charge is 0.497 e. The monoisotopic (exact) mass is 342 g/mol. The molecule has 1 aliphatic rings. The number of aromatic nitrogens is 2. The lowest BCUT2D eigenvalue weighted by Gasteiger charge is -2.17. The van der Waals surface area contributed by atoms with E-state index in [0.29, 0.717) is 25.5 Å². The maximum Gasteiger partial charge on any atom is 0.317 e. The van der Waals surface area contributed by atoms with Crippen LogP contribution in [0.2, 0.25) is 0 Å². The Morgan fingerprint density at radius 1 is 1.32 bits per heavy atom. The van der Waals surface area contributed by atoms with Crippen LogP contribution in [-0.2, 0) is 6.42 Å². The first-order valence-corrected chi connectivity index (χ1v) is 8.33. The van der Waals surface area contributed by atoms with Gasteiger partial charge in [-0.15, -0.1) is 0 Å². The number of amides is 2. The van der Waals surface area contributed by atoms with E-state index in [-0.39, 0.29) is 12.1 Å². The summed E-state index contributed by atoms with van der Waals surface area (Å²) in [5, 5.41) is 2.96. The van der Waals surface area contributed by atoms with E-state index in [0.717, 1.165) is 24.2 Å². The van der Waals surface area contributed by atoms with E-state index < -0.39 is 0 Å². The third kappa shape index (κ3) is 4.82. The van der Waals surface area contributed by atoms with Gasteiger partial charge in [-0.25, -0.2) is 9.78 Å². The van der Waals surface area contributed by atoms with Gasteiger partial charge in [0.1, 0.15) is 11.9 Å². The summed E-state index contributed by atoms with van der Waals surface area (Å²) in [5.74, 6) is 1.33. The van der Waals surface area contributed by atoms with Gasteiger partial charge >= 0.3 is 6.03 Å². The molecule has 2 amide bonds. The highest BCUT2D eigenvalue weighted by atomic mass is 16.5. The lowest BCUT2D eigenvalue weighted by atomic mass is 10.1. The molecule has 7 heteroatoms. The zero-order valence-electron chi connectivity index (χ0n) is 14.2. The number of likely N-dealkylation sites (tertiary alicyclic amines) is 1. The molecule has 0 saturated carbocycles. The average molecular weight is 342 g/mol. The number of carbonyl (C=O) groups excluding carboxylic acids is 1. The number of urea groups is 1. The molecule has 2 aromatic rings. The lowest BCUT2D eigenvalue weighted by Crippen LogP contribution is -2.40. The van der Waals surface area contributed by atoms with Crippen molar-refractivity contribution in [2.45, 2.75) is 18.9 Å². The van der Waals surface area contributed by atoms with Gasteiger partial charge in [0.2, 0.25) is 5.88 Å². The molecule has 0 radical (unpaired) electrons. The minimum absolute atomic E-state index is 0.0379. The van der Waals surface area contributed by atoms with Gasteiger partial charge in [-0.2, -0.15) is 0 Å². The number of hydrogen-bond acceptors (Lipinski definition) is 5. The van der Waals surface area contributed by atoms with Gasteiger partial charge in [-0.05, 0) is 24.1 Å². The highest BCUT2D eigenvalue weighted by Gasteiger charge is 2.27. The van der Waals surface area contributed by atoms with Gasteiger partial charge in [-0.1, -0.05) is 12.1 Å². The van der Waals surface area contributed by atoms with Gasteiger partial charge in [-0.3, -0.25) is 4.98 Å². The fraction of sp³-hybridized carbons (Fsp3) is 0.389. The number of nitrogens with zero attached hydrogens (tertiary/aromatic N) is 3. The molecule has 1 atom stereocenters. The summed E-state index contributed by atoms with van der Waals surface area (Å²) in [7, 11) is 1.65. The standard InChI is InChI=1S/C18H22N4O3/c1-24-15-4-2-14(3-5-15)6-8-21-18(23)22-11-7-16(13-22)25-17-12-19-9-10-20-17/h2-5,9-10,12,16H,6-8,11,13H2,1H3,(H,21,23). The second-order valence-corrected chi connectivity index (χ2v) is 5.85. The van der Waals surface area contributed by atoms with Crippen molar-refractivity contribution < 1.29 is 14.3 Å². The maximum atomic E-state index is 12.2. The number of benzene rings is 1. The van der Waals surface area contributed by atoms with Crippen LogP contribution < -0.4 is 14.8 Å². The van der Waals surface area contributed by atoms with E-state index in [2.05, 4.69) is 15.3 Å². The third-order valence-corrected chi connectivity index (χ3v) is 4.11. The average Bonchev–Trinajstić information content (AvgIpc) is 3.12. The molecule has 2 heterocycles. The summed E-state index contributed by atoms with van der Waals surface area (Å²) in [4.78, 5) is 22.1. The van der Waals surface area contributed by atoms with Crippen molar-refractivity contribution in [2.75, 3.05) is 26.7 Å². The number of hydrogen-bond donors (Lipinski definition) is 1. The fourth-order valence-electron chi connectivity index (χ4n) is 2.74. The molecule has 1 aromatic heterocycles. The van der Waals surface area contributed by atoms with Crippen LogP contribution >= 0.6 is 0 Å². The molecule has 0 spiro atoms. The highest BCUT2D eigenvalue weighted by Crippen LogP contribution is 2.15. The van der Waals surface area contributed by atoms with Crippen LogP contribution in [0.4, 0.5) is 4.79 Å². The second kappa shape index (κ2) is 8.32. The van der Waals surface area contributed by atoms with Crippen LogP contribution in [0.15, 0.2) is 42.9 Å². The Bertz CT molecular complexity index is 678. The Morgan fingerprint density at radius 2 is 2.16 bits per heavy atom. The molecule has 3 rings (SSSR count). The molecule has 1 unspecified atom stereocenters. The maximum absolute atomic E-state index is 12.2. The van der Waals surface area contributed by atoms with Crippen molar-refractivity contribution in [3.63, 3.8) is 0 Å². The predicted octanol–water partition coefficient (Wildman–Crippen LogP) is 1.89. The minimum atomic E-state index is -0.0567. The Morgan fingerprint density at radius 3 is 2.88 bits per heavy atom. The third-order valence-electron chi connectivity index (χ3n) is 4.11. The second-order valence-electron chi connectivity index (χ2n) is 5.85. The number of nitrogens with one attached hydrogen (secondary N) is 1. The van der Waals surface area contributed by atoms with Crippen molar-refractivity contribution in [1.82, 2.24) is 20.2 Å². The van der Waals surface area contributed by atoms with Crippen LogP contribution in [0, 0.1) is 0 Å². The topological polar surface area (TPSA) is 76.6 Å². The summed E-state index contributed by atoms with van der Waals surface area (Å²) in [5.41, 5.74) is 1.16. The molecule has 1 N–H and O–H groups in total. The van der Waals surface area contributed by atoms with E-state index in [9.17, 15) is 4.79 Å². The Labute approximate surface area is 147 Å². The zero-order chi connectivity index (χ0) is 17.5.